The smallest absolute Gasteiger partial charge is 0.238 e. The Labute approximate surface area is 147 Å². The molecule has 0 bridgehead atoms. The van der Waals surface area contributed by atoms with Crippen molar-refractivity contribution in [1.82, 2.24) is 30.4 Å². The number of benzene rings is 1. The Kier molecular flexibility index (Phi) is 4.48. The number of amides is 1. The summed E-state index contributed by atoms with van der Waals surface area (Å²) in [5, 5.41) is 15.2. The molecule has 0 unspecified atom stereocenters. The summed E-state index contributed by atoms with van der Waals surface area (Å²) in [5.41, 5.74) is 0.891. The van der Waals surface area contributed by atoms with Crippen molar-refractivity contribution in [2.24, 2.45) is 5.92 Å². The SMILES string of the molecule is C[C@H](NC(=O)[C@H](C1CC1)N1CCCC1)c1nnnn1-c1ccccc1. The minimum Gasteiger partial charge on any atom is -0.345 e. The second-order valence-electron chi connectivity index (χ2n) is 7.04. The average molecular weight is 340 g/mol. The number of carbonyl (C=O) groups excluding carboxylic acids is 1. The maximum absolute atomic E-state index is 12.9. The van der Waals surface area contributed by atoms with Gasteiger partial charge in [0.15, 0.2) is 5.82 Å². The van der Waals surface area contributed by atoms with Gasteiger partial charge in [-0.25, -0.2) is 0 Å². The fourth-order valence-electron chi connectivity index (χ4n) is 3.69. The van der Waals surface area contributed by atoms with Crippen LogP contribution in [0.25, 0.3) is 5.69 Å². The van der Waals surface area contributed by atoms with E-state index < -0.39 is 0 Å². The lowest BCUT2D eigenvalue weighted by Gasteiger charge is -2.27. The molecule has 1 aromatic carbocycles. The normalized spacial score (nSPS) is 20.4. The van der Waals surface area contributed by atoms with Gasteiger partial charge in [-0.15, -0.1) is 5.10 Å². The Morgan fingerprint density at radius 2 is 1.92 bits per heavy atom. The van der Waals surface area contributed by atoms with Gasteiger partial charge in [0, 0.05) is 0 Å². The van der Waals surface area contributed by atoms with E-state index in [0.29, 0.717) is 11.7 Å². The maximum Gasteiger partial charge on any atom is 0.238 e. The molecule has 7 heteroatoms. The summed E-state index contributed by atoms with van der Waals surface area (Å²) < 4.78 is 1.69. The zero-order valence-electron chi connectivity index (χ0n) is 14.5. The van der Waals surface area contributed by atoms with Crippen LogP contribution in [0.5, 0.6) is 0 Å². The van der Waals surface area contributed by atoms with Gasteiger partial charge in [0.25, 0.3) is 0 Å². The number of aromatic nitrogens is 4. The third-order valence-electron chi connectivity index (χ3n) is 5.11. The van der Waals surface area contributed by atoms with E-state index in [1.807, 2.05) is 37.3 Å². The van der Waals surface area contributed by atoms with Gasteiger partial charge in [0.2, 0.25) is 5.91 Å². The Morgan fingerprint density at radius 1 is 1.20 bits per heavy atom. The standard InChI is InChI=1S/C18H24N6O/c1-13(17-20-21-22-24(17)15-7-3-2-4-8-15)19-18(25)16(14-9-10-14)23-11-5-6-12-23/h2-4,7-8,13-14,16H,5-6,9-12H2,1H3,(H,19,25)/t13-,16-/m0/s1. The van der Waals surface area contributed by atoms with Crippen molar-refractivity contribution in [2.45, 2.75) is 44.7 Å². The predicted molar refractivity (Wildman–Crippen MR) is 93.0 cm³/mol. The molecule has 2 heterocycles. The largest absolute Gasteiger partial charge is 0.345 e. The molecule has 132 valence electrons. The van der Waals surface area contributed by atoms with Crippen molar-refractivity contribution in [3.8, 4) is 5.69 Å². The zero-order chi connectivity index (χ0) is 17.2. The molecule has 1 N–H and O–H groups in total. The number of likely N-dealkylation sites (tertiary alicyclic amines) is 1. The third-order valence-corrected chi connectivity index (χ3v) is 5.11. The lowest BCUT2D eigenvalue weighted by molar-refractivity contribution is -0.127. The molecule has 1 aliphatic carbocycles. The van der Waals surface area contributed by atoms with Gasteiger partial charge in [-0.2, -0.15) is 4.68 Å². The molecule has 2 aliphatic rings. The first-order valence-electron chi connectivity index (χ1n) is 9.12. The zero-order valence-corrected chi connectivity index (χ0v) is 14.5. The van der Waals surface area contributed by atoms with E-state index in [1.165, 1.54) is 12.8 Å². The van der Waals surface area contributed by atoms with Crippen molar-refractivity contribution in [3.63, 3.8) is 0 Å². The van der Waals surface area contributed by atoms with Crippen LogP contribution in [-0.4, -0.2) is 50.1 Å². The summed E-state index contributed by atoms with van der Waals surface area (Å²) in [6.45, 7) is 4.01. The molecule has 1 aromatic heterocycles. The maximum atomic E-state index is 12.9. The molecular weight excluding hydrogens is 316 g/mol. The summed E-state index contributed by atoms with van der Waals surface area (Å²) in [7, 11) is 0. The summed E-state index contributed by atoms with van der Waals surface area (Å²) in [6, 6.07) is 9.51. The molecule has 0 radical (unpaired) electrons. The van der Waals surface area contributed by atoms with Crippen LogP contribution in [0.4, 0.5) is 0 Å². The molecule has 4 rings (SSSR count). The topological polar surface area (TPSA) is 75.9 Å². The van der Waals surface area contributed by atoms with Crippen molar-refractivity contribution < 1.29 is 4.79 Å². The number of nitrogens with zero attached hydrogens (tertiary/aromatic N) is 5. The molecule has 1 saturated heterocycles. The molecule has 7 nitrogen and oxygen atoms in total. The molecule has 25 heavy (non-hydrogen) atoms. The van der Waals surface area contributed by atoms with Crippen molar-refractivity contribution >= 4 is 5.91 Å². The molecular formula is C18H24N6O. The molecule has 1 aliphatic heterocycles. The van der Waals surface area contributed by atoms with Crippen LogP contribution in [0.3, 0.4) is 0 Å². The Balaban J connectivity index is 1.49. The van der Waals surface area contributed by atoms with Gasteiger partial charge in [-0.05, 0) is 74.2 Å². The molecule has 2 aromatic rings. The van der Waals surface area contributed by atoms with Crippen LogP contribution in [0.15, 0.2) is 30.3 Å². The number of carbonyl (C=O) groups is 1. The van der Waals surface area contributed by atoms with E-state index in [9.17, 15) is 4.79 Å². The Morgan fingerprint density at radius 3 is 2.60 bits per heavy atom. The van der Waals surface area contributed by atoms with Gasteiger partial charge in [0.05, 0.1) is 17.8 Å². The number of hydrogen-bond acceptors (Lipinski definition) is 5. The fourth-order valence-corrected chi connectivity index (χ4v) is 3.69. The monoisotopic (exact) mass is 340 g/mol. The van der Waals surface area contributed by atoms with Gasteiger partial charge in [-0.1, -0.05) is 18.2 Å². The lowest BCUT2D eigenvalue weighted by Crippen LogP contribution is -2.48. The quantitative estimate of drug-likeness (QED) is 0.866. The Bertz CT molecular complexity index is 720. The highest BCUT2D eigenvalue weighted by Crippen LogP contribution is 2.37. The average Bonchev–Trinajstić information content (AvgIpc) is 3.12. The van der Waals surface area contributed by atoms with E-state index in [4.69, 9.17) is 0 Å². The summed E-state index contributed by atoms with van der Waals surface area (Å²) in [5.74, 6) is 1.27. The van der Waals surface area contributed by atoms with Crippen molar-refractivity contribution in [2.75, 3.05) is 13.1 Å². The van der Waals surface area contributed by atoms with Gasteiger partial charge >= 0.3 is 0 Å². The highest BCUT2D eigenvalue weighted by atomic mass is 16.2. The first kappa shape index (κ1) is 16.2. The van der Waals surface area contributed by atoms with Crippen molar-refractivity contribution in [1.29, 1.82) is 0 Å². The van der Waals surface area contributed by atoms with E-state index >= 15 is 0 Å². The Hall–Kier alpha value is -2.28. The minimum atomic E-state index is -0.244. The van der Waals surface area contributed by atoms with Crippen LogP contribution in [0, 0.1) is 5.92 Å². The van der Waals surface area contributed by atoms with E-state index in [0.717, 1.165) is 31.6 Å². The number of nitrogens with one attached hydrogen (secondary N) is 1. The first-order chi connectivity index (χ1) is 12.2. The summed E-state index contributed by atoms with van der Waals surface area (Å²) in [4.78, 5) is 15.3. The third kappa shape index (κ3) is 3.42. The van der Waals surface area contributed by atoms with Crippen LogP contribution in [-0.2, 0) is 4.79 Å². The summed E-state index contributed by atoms with van der Waals surface area (Å²) in [6.07, 6.45) is 4.70. The minimum absolute atomic E-state index is 0.00556. The second-order valence-corrected chi connectivity index (χ2v) is 7.04. The van der Waals surface area contributed by atoms with E-state index in [1.54, 1.807) is 4.68 Å². The van der Waals surface area contributed by atoms with Crippen LogP contribution in [0.2, 0.25) is 0 Å². The van der Waals surface area contributed by atoms with Crippen LogP contribution < -0.4 is 5.32 Å². The number of hydrogen-bond donors (Lipinski definition) is 1. The van der Waals surface area contributed by atoms with Crippen molar-refractivity contribution in [3.05, 3.63) is 36.2 Å². The van der Waals surface area contributed by atoms with Gasteiger partial charge in [-0.3, -0.25) is 9.69 Å². The molecule has 2 atom stereocenters. The number of rotatable bonds is 6. The van der Waals surface area contributed by atoms with Gasteiger partial charge in [0.1, 0.15) is 0 Å². The number of para-hydroxylation sites is 1. The molecule has 0 spiro atoms. The highest BCUT2D eigenvalue weighted by Gasteiger charge is 2.41. The molecule has 1 amide bonds. The first-order valence-corrected chi connectivity index (χ1v) is 9.12. The van der Waals surface area contributed by atoms with E-state index in [2.05, 4.69) is 25.7 Å². The summed E-state index contributed by atoms with van der Waals surface area (Å²) >= 11 is 0. The highest BCUT2D eigenvalue weighted by molar-refractivity contribution is 5.82. The molecule has 1 saturated carbocycles. The fraction of sp³-hybridized carbons (Fsp3) is 0.556. The van der Waals surface area contributed by atoms with Crippen LogP contribution >= 0.6 is 0 Å². The lowest BCUT2D eigenvalue weighted by atomic mass is 10.1. The number of tetrazole rings is 1. The second kappa shape index (κ2) is 6.92. The van der Waals surface area contributed by atoms with E-state index in [-0.39, 0.29) is 18.0 Å². The van der Waals surface area contributed by atoms with Crippen LogP contribution in [0.1, 0.15) is 44.5 Å². The van der Waals surface area contributed by atoms with Gasteiger partial charge < -0.3 is 5.32 Å². The predicted octanol–water partition coefficient (Wildman–Crippen LogP) is 1.71. The molecule has 2 fully saturated rings.